The zero-order chi connectivity index (χ0) is 14.7. The number of aromatic amines is 1. The maximum absolute atomic E-state index is 12.0. The van der Waals surface area contributed by atoms with Crippen LogP contribution in [0.5, 0.6) is 0 Å². The minimum Gasteiger partial charge on any atom is -0.466 e. The molecule has 2 rings (SSSR count). The Morgan fingerprint density at radius 1 is 1.45 bits per heavy atom. The number of aromatic nitrogens is 2. The first-order valence-electron chi connectivity index (χ1n) is 6.25. The van der Waals surface area contributed by atoms with Gasteiger partial charge in [0.2, 0.25) is 0 Å². The van der Waals surface area contributed by atoms with Crippen molar-refractivity contribution in [3.8, 4) is 0 Å². The number of carbonyl (C=O) groups excluding carboxylic acids is 2. The molecule has 8 heteroatoms. The van der Waals surface area contributed by atoms with Gasteiger partial charge in [-0.3, -0.25) is 14.7 Å². The van der Waals surface area contributed by atoms with Crippen molar-refractivity contribution in [2.75, 3.05) is 13.2 Å². The van der Waals surface area contributed by atoms with Crippen LogP contribution in [-0.2, 0) is 22.5 Å². The summed E-state index contributed by atoms with van der Waals surface area (Å²) in [6.45, 7) is 2.31. The van der Waals surface area contributed by atoms with E-state index in [0.29, 0.717) is 24.2 Å². The second kappa shape index (κ2) is 5.72. The molecule has 8 nitrogen and oxygen atoms in total. The molecule has 2 heterocycles. The molecule has 0 spiro atoms. The van der Waals surface area contributed by atoms with E-state index in [2.05, 4.69) is 10.2 Å². The Balaban J connectivity index is 2.14. The van der Waals surface area contributed by atoms with Gasteiger partial charge in [0, 0.05) is 18.5 Å². The summed E-state index contributed by atoms with van der Waals surface area (Å²) in [5, 5.41) is 15.6. The largest absolute Gasteiger partial charge is 0.466 e. The Hall–Kier alpha value is -2.38. The fraction of sp³-hybridized carbons (Fsp3) is 0.500. The van der Waals surface area contributed by atoms with Crippen LogP contribution in [-0.4, -0.2) is 51.2 Å². The normalized spacial score (nSPS) is 13.8. The molecule has 0 saturated heterocycles. The number of hydrogen-bond donors (Lipinski definition) is 2. The van der Waals surface area contributed by atoms with Crippen LogP contribution in [0.4, 0.5) is 4.79 Å². The van der Waals surface area contributed by atoms with Gasteiger partial charge in [-0.2, -0.15) is 5.10 Å². The van der Waals surface area contributed by atoms with Gasteiger partial charge < -0.3 is 14.7 Å². The van der Waals surface area contributed by atoms with E-state index in [1.54, 1.807) is 6.92 Å². The molecule has 0 fully saturated rings. The van der Waals surface area contributed by atoms with Gasteiger partial charge in [0.05, 0.1) is 18.8 Å². The highest BCUT2D eigenvalue weighted by atomic mass is 16.5. The van der Waals surface area contributed by atoms with Crippen LogP contribution in [0.1, 0.15) is 35.1 Å². The Bertz CT molecular complexity index is 551. The highest BCUT2D eigenvalue weighted by Crippen LogP contribution is 2.21. The standard InChI is InChI=1S/C12H15N3O5/c1-2-20-10(17)5-9(16)11-7-6-15(12(18)19)4-3-8(7)13-14-11/h2-6H2,1H3,(H,13,14)(H,18,19). The van der Waals surface area contributed by atoms with Crippen LogP contribution in [0, 0.1) is 0 Å². The number of Topliss-reactive ketones (excluding diaryl/α,β-unsaturated/α-hetero) is 1. The third-order valence-electron chi connectivity index (χ3n) is 3.08. The van der Waals surface area contributed by atoms with E-state index in [1.165, 1.54) is 4.90 Å². The molecule has 1 amide bonds. The lowest BCUT2D eigenvalue weighted by Gasteiger charge is -2.23. The molecule has 108 valence electrons. The number of hydrogen-bond acceptors (Lipinski definition) is 5. The maximum Gasteiger partial charge on any atom is 0.407 e. The summed E-state index contributed by atoms with van der Waals surface area (Å²) in [7, 11) is 0. The third-order valence-corrected chi connectivity index (χ3v) is 3.08. The third kappa shape index (κ3) is 2.79. The number of ether oxygens (including phenoxy) is 1. The van der Waals surface area contributed by atoms with Crippen molar-refractivity contribution >= 4 is 17.8 Å². The van der Waals surface area contributed by atoms with Crippen LogP contribution in [0.15, 0.2) is 0 Å². The first-order chi connectivity index (χ1) is 9.52. The van der Waals surface area contributed by atoms with E-state index < -0.39 is 17.8 Å². The molecule has 1 aliphatic rings. The van der Waals surface area contributed by atoms with E-state index in [1.807, 2.05) is 0 Å². The predicted octanol–water partition coefficient (Wildman–Crippen LogP) is 0.582. The number of carboxylic acid groups (broad SMARTS) is 1. The molecular weight excluding hydrogens is 266 g/mol. The van der Waals surface area contributed by atoms with Crippen LogP contribution in [0.25, 0.3) is 0 Å². The van der Waals surface area contributed by atoms with Crippen LogP contribution in [0.3, 0.4) is 0 Å². The molecule has 0 saturated carbocycles. The van der Waals surface area contributed by atoms with Gasteiger partial charge in [0.15, 0.2) is 5.78 Å². The Morgan fingerprint density at radius 3 is 2.85 bits per heavy atom. The summed E-state index contributed by atoms with van der Waals surface area (Å²) in [5.41, 5.74) is 1.42. The second-order valence-electron chi connectivity index (χ2n) is 4.38. The van der Waals surface area contributed by atoms with Gasteiger partial charge in [-0.1, -0.05) is 0 Å². The van der Waals surface area contributed by atoms with Crippen molar-refractivity contribution < 1.29 is 24.2 Å². The van der Waals surface area contributed by atoms with Gasteiger partial charge in [0.1, 0.15) is 12.1 Å². The molecule has 1 aliphatic heterocycles. The summed E-state index contributed by atoms with van der Waals surface area (Å²) in [6.07, 6.45) is -0.971. The van der Waals surface area contributed by atoms with Crippen LogP contribution in [0.2, 0.25) is 0 Å². The van der Waals surface area contributed by atoms with E-state index in [4.69, 9.17) is 9.84 Å². The fourth-order valence-corrected chi connectivity index (χ4v) is 2.12. The van der Waals surface area contributed by atoms with Crippen LogP contribution < -0.4 is 0 Å². The van der Waals surface area contributed by atoms with Crippen molar-refractivity contribution in [2.24, 2.45) is 0 Å². The monoisotopic (exact) mass is 281 g/mol. The number of ketones is 1. The van der Waals surface area contributed by atoms with E-state index >= 15 is 0 Å². The summed E-state index contributed by atoms with van der Waals surface area (Å²) in [5.74, 6) is -1.05. The number of fused-ring (bicyclic) bond motifs is 1. The molecule has 0 aliphatic carbocycles. The van der Waals surface area contributed by atoms with Crippen molar-refractivity contribution in [3.63, 3.8) is 0 Å². The van der Waals surface area contributed by atoms with Gasteiger partial charge >= 0.3 is 12.1 Å². The Labute approximate surface area is 114 Å². The zero-order valence-electron chi connectivity index (χ0n) is 11.0. The summed E-state index contributed by atoms with van der Waals surface area (Å²) in [6, 6.07) is 0. The van der Waals surface area contributed by atoms with Crippen molar-refractivity contribution in [1.29, 1.82) is 0 Å². The minimum atomic E-state index is -1.04. The number of rotatable bonds is 4. The van der Waals surface area contributed by atoms with E-state index in [0.717, 1.165) is 0 Å². The predicted molar refractivity (Wildman–Crippen MR) is 66.3 cm³/mol. The SMILES string of the molecule is CCOC(=O)CC(=O)c1[nH]nc2c1CN(C(=O)O)CC2. The van der Waals surface area contributed by atoms with Crippen LogP contribution >= 0.6 is 0 Å². The summed E-state index contributed by atoms with van der Waals surface area (Å²) >= 11 is 0. The highest BCUT2D eigenvalue weighted by molar-refractivity contribution is 6.05. The lowest BCUT2D eigenvalue weighted by Crippen LogP contribution is -2.35. The summed E-state index contributed by atoms with van der Waals surface area (Å²) in [4.78, 5) is 35.5. The molecule has 0 aromatic carbocycles. The first kappa shape index (κ1) is 14.0. The molecule has 0 radical (unpaired) electrons. The number of carbonyl (C=O) groups is 3. The molecule has 2 N–H and O–H groups in total. The van der Waals surface area contributed by atoms with Crippen molar-refractivity contribution in [1.82, 2.24) is 15.1 Å². The molecule has 1 aromatic heterocycles. The van der Waals surface area contributed by atoms with Gasteiger partial charge in [-0.05, 0) is 6.92 Å². The van der Waals surface area contributed by atoms with Gasteiger partial charge in [-0.15, -0.1) is 0 Å². The molecule has 20 heavy (non-hydrogen) atoms. The van der Waals surface area contributed by atoms with E-state index in [9.17, 15) is 14.4 Å². The fourth-order valence-electron chi connectivity index (χ4n) is 2.12. The number of nitrogens with zero attached hydrogens (tertiary/aromatic N) is 2. The maximum atomic E-state index is 12.0. The second-order valence-corrected chi connectivity index (χ2v) is 4.38. The van der Waals surface area contributed by atoms with Gasteiger partial charge in [-0.25, -0.2) is 4.79 Å². The lowest BCUT2D eigenvalue weighted by atomic mass is 10.0. The number of esters is 1. The quantitative estimate of drug-likeness (QED) is 0.474. The highest BCUT2D eigenvalue weighted by Gasteiger charge is 2.28. The zero-order valence-corrected chi connectivity index (χ0v) is 11.0. The molecule has 0 atom stereocenters. The molecular formula is C12H15N3O5. The topological polar surface area (TPSA) is 113 Å². The Kier molecular flexibility index (Phi) is 4.02. The molecule has 0 unspecified atom stereocenters. The number of nitrogens with one attached hydrogen (secondary N) is 1. The van der Waals surface area contributed by atoms with Crippen molar-refractivity contribution in [2.45, 2.75) is 26.3 Å². The molecule has 0 bridgehead atoms. The van der Waals surface area contributed by atoms with Gasteiger partial charge in [0.25, 0.3) is 0 Å². The minimum absolute atomic E-state index is 0.102. The number of H-pyrrole nitrogens is 1. The number of amides is 1. The summed E-state index contributed by atoms with van der Waals surface area (Å²) < 4.78 is 4.72. The van der Waals surface area contributed by atoms with Crippen molar-refractivity contribution in [3.05, 3.63) is 17.0 Å². The average Bonchev–Trinajstić information content (AvgIpc) is 2.81. The smallest absolute Gasteiger partial charge is 0.407 e. The Morgan fingerprint density at radius 2 is 2.20 bits per heavy atom. The van der Waals surface area contributed by atoms with E-state index in [-0.39, 0.29) is 25.3 Å². The molecule has 1 aromatic rings. The lowest BCUT2D eigenvalue weighted by molar-refractivity contribution is -0.141. The average molecular weight is 281 g/mol. The first-order valence-corrected chi connectivity index (χ1v) is 6.25.